The van der Waals surface area contributed by atoms with Gasteiger partial charge in [0, 0.05) is 32.6 Å². The minimum absolute atomic E-state index is 0.00512. The Hall–Kier alpha value is -2.82. The molecule has 1 fully saturated rings. The normalized spacial score (nSPS) is 14.3. The Morgan fingerprint density at radius 1 is 0.963 bits per heavy atom. The number of carbonyl (C=O) groups is 2. The van der Waals surface area contributed by atoms with E-state index in [4.69, 9.17) is 0 Å². The average Bonchev–Trinajstić information content (AvgIpc) is 2.67. The van der Waals surface area contributed by atoms with Crippen LogP contribution in [0.1, 0.15) is 33.5 Å². The molecule has 142 valence electrons. The molecule has 2 amide bonds. The smallest absolute Gasteiger partial charge is 0.257 e. The first-order chi connectivity index (χ1) is 13.0. The quantitative estimate of drug-likeness (QED) is 0.905. The van der Waals surface area contributed by atoms with Crippen molar-refractivity contribution in [2.24, 2.45) is 0 Å². The molecule has 0 aromatic heterocycles. The Labute approximate surface area is 160 Å². The first kappa shape index (κ1) is 19.0. The standard InChI is InChI=1S/C22H26N2O3/c1-16-7-8-18(17(2)15-16)9-10-21(26)23-11-13-24(14-12-23)22(27)19-5-3-4-6-20(19)25/h3-8,15,25H,9-14H2,1-2H3. The first-order valence-corrected chi connectivity index (χ1v) is 9.37. The highest BCUT2D eigenvalue weighted by Gasteiger charge is 2.25. The van der Waals surface area contributed by atoms with Crippen molar-refractivity contribution in [1.82, 2.24) is 9.80 Å². The van der Waals surface area contributed by atoms with Crippen LogP contribution in [0, 0.1) is 13.8 Å². The van der Waals surface area contributed by atoms with Gasteiger partial charge < -0.3 is 14.9 Å². The summed E-state index contributed by atoms with van der Waals surface area (Å²) >= 11 is 0. The average molecular weight is 366 g/mol. The van der Waals surface area contributed by atoms with Gasteiger partial charge in [0.2, 0.25) is 5.91 Å². The van der Waals surface area contributed by atoms with Crippen LogP contribution in [-0.2, 0) is 11.2 Å². The van der Waals surface area contributed by atoms with Gasteiger partial charge in [0.1, 0.15) is 5.75 Å². The maximum Gasteiger partial charge on any atom is 0.257 e. The fraction of sp³-hybridized carbons (Fsp3) is 0.364. The number of phenolic OH excluding ortho intramolecular Hbond substituents is 1. The lowest BCUT2D eigenvalue weighted by atomic mass is 10.0. The molecule has 3 rings (SSSR count). The van der Waals surface area contributed by atoms with E-state index in [-0.39, 0.29) is 17.6 Å². The number of carbonyl (C=O) groups excluding carboxylic acids is 2. The summed E-state index contributed by atoms with van der Waals surface area (Å²) in [5, 5.41) is 9.86. The van der Waals surface area contributed by atoms with Crippen molar-refractivity contribution in [2.75, 3.05) is 26.2 Å². The van der Waals surface area contributed by atoms with Gasteiger partial charge in [-0.3, -0.25) is 9.59 Å². The third-order valence-corrected chi connectivity index (χ3v) is 5.16. The van der Waals surface area contributed by atoms with Gasteiger partial charge in [-0.25, -0.2) is 0 Å². The van der Waals surface area contributed by atoms with Crippen molar-refractivity contribution in [1.29, 1.82) is 0 Å². The molecule has 0 unspecified atom stereocenters. The minimum atomic E-state index is -0.185. The monoisotopic (exact) mass is 366 g/mol. The van der Waals surface area contributed by atoms with E-state index in [0.29, 0.717) is 38.2 Å². The molecule has 2 aromatic rings. The molecular formula is C22H26N2O3. The summed E-state index contributed by atoms with van der Waals surface area (Å²) in [6.07, 6.45) is 1.22. The van der Waals surface area contributed by atoms with Crippen molar-refractivity contribution in [2.45, 2.75) is 26.7 Å². The zero-order valence-corrected chi connectivity index (χ0v) is 15.9. The maximum absolute atomic E-state index is 12.5. The zero-order chi connectivity index (χ0) is 19.4. The van der Waals surface area contributed by atoms with Gasteiger partial charge in [-0.15, -0.1) is 0 Å². The Balaban J connectivity index is 1.52. The second-order valence-corrected chi connectivity index (χ2v) is 7.12. The van der Waals surface area contributed by atoms with Crippen LogP contribution in [0.3, 0.4) is 0 Å². The number of hydrogen-bond acceptors (Lipinski definition) is 3. The number of nitrogens with zero attached hydrogens (tertiary/aromatic N) is 2. The van der Waals surface area contributed by atoms with Gasteiger partial charge >= 0.3 is 0 Å². The van der Waals surface area contributed by atoms with E-state index in [2.05, 4.69) is 32.0 Å². The number of amides is 2. The van der Waals surface area contributed by atoms with Crippen molar-refractivity contribution in [3.63, 3.8) is 0 Å². The zero-order valence-electron chi connectivity index (χ0n) is 15.9. The lowest BCUT2D eigenvalue weighted by molar-refractivity contribution is -0.132. The molecule has 0 spiro atoms. The van der Waals surface area contributed by atoms with E-state index < -0.39 is 0 Å². The molecule has 2 aromatic carbocycles. The number of rotatable bonds is 4. The number of para-hydroxylation sites is 1. The van der Waals surface area contributed by atoms with Crippen LogP contribution < -0.4 is 0 Å². The van der Waals surface area contributed by atoms with Crippen LogP contribution in [0.2, 0.25) is 0 Å². The fourth-order valence-electron chi connectivity index (χ4n) is 3.51. The summed E-state index contributed by atoms with van der Waals surface area (Å²) in [6.45, 7) is 6.19. The highest BCUT2D eigenvalue weighted by molar-refractivity contribution is 5.97. The van der Waals surface area contributed by atoms with Crippen molar-refractivity contribution >= 4 is 11.8 Å². The van der Waals surface area contributed by atoms with E-state index in [1.54, 1.807) is 23.1 Å². The van der Waals surface area contributed by atoms with E-state index in [1.165, 1.54) is 22.8 Å². The van der Waals surface area contributed by atoms with Gasteiger partial charge in [-0.2, -0.15) is 0 Å². The van der Waals surface area contributed by atoms with Crippen molar-refractivity contribution in [3.05, 3.63) is 64.7 Å². The second kappa shape index (κ2) is 8.25. The lowest BCUT2D eigenvalue weighted by Gasteiger charge is -2.35. The number of aromatic hydroxyl groups is 1. The molecule has 1 saturated heterocycles. The fourth-order valence-corrected chi connectivity index (χ4v) is 3.51. The molecule has 0 saturated carbocycles. The Bertz CT molecular complexity index is 839. The topological polar surface area (TPSA) is 60.9 Å². The van der Waals surface area contributed by atoms with Crippen LogP contribution in [0.25, 0.3) is 0 Å². The van der Waals surface area contributed by atoms with Gasteiger partial charge in [0.15, 0.2) is 0 Å². The van der Waals surface area contributed by atoms with E-state index in [9.17, 15) is 14.7 Å². The predicted molar refractivity (Wildman–Crippen MR) is 105 cm³/mol. The van der Waals surface area contributed by atoms with E-state index in [1.807, 2.05) is 4.90 Å². The Morgan fingerprint density at radius 3 is 2.30 bits per heavy atom. The van der Waals surface area contributed by atoms with Crippen LogP contribution >= 0.6 is 0 Å². The van der Waals surface area contributed by atoms with Gasteiger partial charge in [0.05, 0.1) is 5.56 Å². The van der Waals surface area contributed by atoms with Crippen molar-refractivity contribution < 1.29 is 14.7 Å². The molecule has 1 aliphatic heterocycles. The van der Waals surface area contributed by atoms with E-state index in [0.717, 1.165) is 6.42 Å². The second-order valence-electron chi connectivity index (χ2n) is 7.12. The largest absolute Gasteiger partial charge is 0.507 e. The van der Waals surface area contributed by atoms with Crippen LogP contribution in [0.5, 0.6) is 5.75 Å². The number of aryl methyl sites for hydroxylation is 3. The van der Waals surface area contributed by atoms with Gasteiger partial charge in [0.25, 0.3) is 5.91 Å². The van der Waals surface area contributed by atoms with Gasteiger partial charge in [-0.05, 0) is 43.5 Å². The molecule has 1 N–H and O–H groups in total. The molecule has 0 bridgehead atoms. The molecule has 0 aliphatic carbocycles. The molecule has 5 nitrogen and oxygen atoms in total. The highest BCUT2D eigenvalue weighted by atomic mass is 16.3. The molecule has 5 heteroatoms. The van der Waals surface area contributed by atoms with Crippen molar-refractivity contribution in [3.8, 4) is 5.75 Å². The molecule has 1 heterocycles. The number of piperazine rings is 1. The number of phenols is 1. The summed E-state index contributed by atoms with van der Waals surface area (Å²) in [5.74, 6) is -0.0606. The minimum Gasteiger partial charge on any atom is -0.507 e. The Morgan fingerprint density at radius 2 is 1.63 bits per heavy atom. The number of hydrogen-bond donors (Lipinski definition) is 1. The van der Waals surface area contributed by atoms with Gasteiger partial charge in [-0.1, -0.05) is 35.9 Å². The van der Waals surface area contributed by atoms with Crippen LogP contribution in [-0.4, -0.2) is 52.9 Å². The third kappa shape index (κ3) is 4.48. The molecule has 1 aliphatic rings. The Kier molecular flexibility index (Phi) is 5.79. The van der Waals surface area contributed by atoms with E-state index >= 15 is 0 Å². The highest BCUT2D eigenvalue weighted by Crippen LogP contribution is 2.19. The molecule has 0 atom stereocenters. The summed E-state index contributed by atoms with van der Waals surface area (Å²) in [6, 6.07) is 12.9. The summed E-state index contributed by atoms with van der Waals surface area (Å²) in [5.41, 5.74) is 3.98. The first-order valence-electron chi connectivity index (χ1n) is 9.37. The molecule has 27 heavy (non-hydrogen) atoms. The van der Waals surface area contributed by atoms with Crippen LogP contribution in [0.4, 0.5) is 0 Å². The predicted octanol–water partition coefficient (Wildman–Crippen LogP) is 2.93. The lowest BCUT2D eigenvalue weighted by Crippen LogP contribution is -2.50. The SMILES string of the molecule is Cc1ccc(CCC(=O)N2CCN(C(=O)c3ccccc3O)CC2)c(C)c1. The number of benzene rings is 2. The maximum atomic E-state index is 12.5. The summed E-state index contributed by atoms with van der Waals surface area (Å²) in [4.78, 5) is 28.6. The van der Waals surface area contributed by atoms with Crippen LogP contribution in [0.15, 0.2) is 42.5 Å². The molecular weight excluding hydrogens is 340 g/mol. The summed E-state index contributed by atoms with van der Waals surface area (Å²) in [7, 11) is 0. The summed E-state index contributed by atoms with van der Waals surface area (Å²) < 4.78 is 0. The third-order valence-electron chi connectivity index (χ3n) is 5.16. The molecule has 0 radical (unpaired) electrons.